The number of nitrogens with one attached hydrogen (secondary N) is 2. The molecular formula is C24H32FN5O4. The third-order valence-corrected chi connectivity index (χ3v) is 5.84. The number of benzene rings is 1. The molecule has 1 aliphatic rings. The Kier molecular flexibility index (Phi) is 8.61. The maximum atomic E-state index is 13.2. The topological polar surface area (TPSA) is 106 Å². The number of piperidine rings is 1. The van der Waals surface area contributed by atoms with Gasteiger partial charge in [-0.05, 0) is 64.3 Å². The third-order valence-electron chi connectivity index (χ3n) is 5.84. The lowest BCUT2D eigenvalue weighted by Gasteiger charge is -2.31. The molecule has 0 aliphatic carbocycles. The van der Waals surface area contributed by atoms with Crippen LogP contribution in [-0.4, -0.2) is 64.9 Å². The summed E-state index contributed by atoms with van der Waals surface area (Å²) in [6.45, 7) is 7.14. The minimum absolute atomic E-state index is 0.0374. The summed E-state index contributed by atoms with van der Waals surface area (Å²) >= 11 is 0. The molecule has 0 bridgehead atoms. The number of nitrogens with zero attached hydrogens (tertiary/aromatic N) is 3. The Hall–Kier alpha value is -3.43. The van der Waals surface area contributed by atoms with Crippen molar-refractivity contribution in [3.8, 4) is 5.69 Å². The number of carbonyl (C=O) groups excluding carboxylic acids is 3. The maximum Gasteiger partial charge on any atom is 0.409 e. The second-order valence-corrected chi connectivity index (χ2v) is 8.32. The van der Waals surface area contributed by atoms with Crippen molar-refractivity contribution in [1.82, 2.24) is 25.3 Å². The van der Waals surface area contributed by atoms with Gasteiger partial charge >= 0.3 is 6.09 Å². The van der Waals surface area contributed by atoms with Crippen molar-refractivity contribution in [1.29, 1.82) is 0 Å². The smallest absolute Gasteiger partial charge is 0.409 e. The lowest BCUT2D eigenvalue weighted by atomic mass is 10.1. The molecule has 0 atom stereocenters. The van der Waals surface area contributed by atoms with Gasteiger partial charge in [0.25, 0.3) is 5.91 Å². The molecule has 10 heteroatoms. The molecule has 1 aromatic carbocycles. The summed E-state index contributed by atoms with van der Waals surface area (Å²) in [7, 11) is 0. The zero-order valence-electron chi connectivity index (χ0n) is 19.9. The molecule has 1 aromatic heterocycles. The first-order valence-electron chi connectivity index (χ1n) is 11.6. The second-order valence-electron chi connectivity index (χ2n) is 8.32. The molecule has 1 fully saturated rings. The quantitative estimate of drug-likeness (QED) is 0.574. The number of carbonyl (C=O) groups is 3. The molecule has 2 aromatic rings. The van der Waals surface area contributed by atoms with Gasteiger partial charge in [0.1, 0.15) is 5.82 Å². The van der Waals surface area contributed by atoms with Crippen LogP contribution >= 0.6 is 0 Å². The van der Waals surface area contributed by atoms with Crippen molar-refractivity contribution in [2.24, 2.45) is 0 Å². The van der Waals surface area contributed by atoms with Gasteiger partial charge in [-0.1, -0.05) is 0 Å². The van der Waals surface area contributed by atoms with Crippen LogP contribution in [0.4, 0.5) is 9.18 Å². The average molecular weight is 474 g/mol. The van der Waals surface area contributed by atoms with E-state index in [1.807, 2.05) is 0 Å². The summed E-state index contributed by atoms with van der Waals surface area (Å²) < 4.78 is 19.8. The van der Waals surface area contributed by atoms with Crippen molar-refractivity contribution < 1.29 is 23.5 Å². The molecule has 184 valence electrons. The van der Waals surface area contributed by atoms with Gasteiger partial charge in [-0.15, -0.1) is 0 Å². The van der Waals surface area contributed by atoms with E-state index < -0.39 is 0 Å². The highest BCUT2D eigenvalue weighted by Crippen LogP contribution is 2.18. The van der Waals surface area contributed by atoms with Crippen molar-refractivity contribution in [2.45, 2.75) is 52.5 Å². The average Bonchev–Trinajstić information content (AvgIpc) is 3.11. The van der Waals surface area contributed by atoms with Crippen LogP contribution in [0.1, 0.15) is 54.4 Å². The Morgan fingerprint density at radius 2 is 1.82 bits per heavy atom. The number of aryl methyl sites for hydroxylation is 1. The van der Waals surface area contributed by atoms with Crippen LogP contribution in [0, 0.1) is 19.7 Å². The van der Waals surface area contributed by atoms with Crippen molar-refractivity contribution in [3.05, 3.63) is 47.0 Å². The molecule has 3 amide bonds. The Morgan fingerprint density at radius 1 is 1.15 bits per heavy atom. The third kappa shape index (κ3) is 6.33. The first kappa shape index (κ1) is 25.2. The molecule has 34 heavy (non-hydrogen) atoms. The van der Waals surface area contributed by atoms with Crippen LogP contribution in [0.25, 0.3) is 5.69 Å². The number of amides is 3. The van der Waals surface area contributed by atoms with E-state index in [0.717, 1.165) is 0 Å². The van der Waals surface area contributed by atoms with E-state index in [2.05, 4.69) is 15.7 Å². The molecular weight excluding hydrogens is 441 g/mol. The highest BCUT2D eigenvalue weighted by atomic mass is 19.1. The molecule has 3 rings (SSSR count). The van der Waals surface area contributed by atoms with Crippen molar-refractivity contribution >= 4 is 17.9 Å². The summed E-state index contributed by atoms with van der Waals surface area (Å²) in [5.41, 5.74) is 2.38. The van der Waals surface area contributed by atoms with Gasteiger partial charge in [-0.2, -0.15) is 5.10 Å². The Morgan fingerprint density at radius 3 is 2.47 bits per heavy atom. The van der Waals surface area contributed by atoms with Crippen LogP contribution < -0.4 is 10.6 Å². The van der Waals surface area contributed by atoms with Crippen molar-refractivity contribution in [2.75, 3.05) is 26.2 Å². The number of rotatable bonds is 8. The highest BCUT2D eigenvalue weighted by molar-refractivity contribution is 5.96. The lowest BCUT2D eigenvalue weighted by Crippen LogP contribution is -2.46. The monoisotopic (exact) mass is 473 g/mol. The predicted molar refractivity (Wildman–Crippen MR) is 124 cm³/mol. The first-order valence-corrected chi connectivity index (χ1v) is 11.6. The van der Waals surface area contributed by atoms with Gasteiger partial charge in [-0.3, -0.25) is 9.59 Å². The number of ether oxygens (including phenoxy) is 1. The molecule has 0 unspecified atom stereocenters. The predicted octanol–water partition coefficient (Wildman–Crippen LogP) is 2.88. The fraction of sp³-hybridized carbons (Fsp3) is 0.500. The van der Waals surface area contributed by atoms with Gasteiger partial charge in [0.15, 0.2) is 0 Å². The molecule has 0 radical (unpaired) electrons. The minimum Gasteiger partial charge on any atom is -0.450 e. The Balaban J connectivity index is 1.41. The molecule has 0 spiro atoms. The number of hydrogen-bond donors (Lipinski definition) is 2. The van der Waals surface area contributed by atoms with E-state index in [0.29, 0.717) is 74.6 Å². The number of hydrogen-bond acceptors (Lipinski definition) is 5. The lowest BCUT2D eigenvalue weighted by molar-refractivity contribution is -0.122. The van der Waals surface area contributed by atoms with E-state index in [1.165, 1.54) is 12.1 Å². The Bertz CT molecular complexity index is 1010. The SMILES string of the molecule is CCOC(=O)N1CCC(NC(=O)CCCNC(=O)c2c(C)nn(-c3ccc(F)cc3)c2C)CC1. The zero-order chi connectivity index (χ0) is 24.7. The van der Waals surface area contributed by atoms with Gasteiger partial charge < -0.3 is 20.3 Å². The minimum atomic E-state index is -0.339. The fourth-order valence-electron chi connectivity index (χ4n) is 4.07. The van der Waals surface area contributed by atoms with Crippen LogP contribution in [-0.2, 0) is 9.53 Å². The van der Waals surface area contributed by atoms with Crippen molar-refractivity contribution in [3.63, 3.8) is 0 Å². The summed E-state index contributed by atoms with van der Waals surface area (Å²) in [5.74, 6) is -0.662. The Labute approximate surface area is 198 Å². The van der Waals surface area contributed by atoms with Gasteiger partial charge in [0.2, 0.25) is 5.91 Å². The molecule has 1 aliphatic heterocycles. The standard InChI is InChI=1S/C24H32FN5O4/c1-4-34-24(33)29-14-11-19(12-15-29)27-21(31)6-5-13-26-23(32)22-16(2)28-30(17(22)3)20-9-7-18(25)8-10-20/h7-10,19H,4-6,11-15H2,1-3H3,(H,26,32)(H,27,31). The number of halogens is 1. The van der Waals surface area contributed by atoms with E-state index in [4.69, 9.17) is 4.74 Å². The summed E-state index contributed by atoms with van der Waals surface area (Å²) in [6, 6.07) is 5.95. The second kappa shape index (κ2) is 11.6. The zero-order valence-corrected chi connectivity index (χ0v) is 19.9. The number of aromatic nitrogens is 2. The molecule has 2 heterocycles. The van der Waals surface area contributed by atoms with Crippen LogP contribution in [0.3, 0.4) is 0 Å². The first-order chi connectivity index (χ1) is 16.3. The van der Waals surface area contributed by atoms with E-state index in [-0.39, 0.29) is 29.8 Å². The summed E-state index contributed by atoms with van der Waals surface area (Å²) in [5, 5.41) is 10.3. The van der Waals surface area contributed by atoms with Gasteiger partial charge in [0, 0.05) is 32.1 Å². The van der Waals surface area contributed by atoms with Crippen LogP contribution in [0.2, 0.25) is 0 Å². The van der Waals surface area contributed by atoms with E-state index >= 15 is 0 Å². The maximum absolute atomic E-state index is 13.2. The highest BCUT2D eigenvalue weighted by Gasteiger charge is 2.24. The normalized spacial score (nSPS) is 14.1. The van der Waals surface area contributed by atoms with Crippen LogP contribution in [0.5, 0.6) is 0 Å². The molecule has 9 nitrogen and oxygen atoms in total. The van der Waals surface area contributed by atoms with E-state index in [9.17, 15) is 18.8 Å². The van der Waals surface area contributed by atoms with Gasteiger partial charge in [-0.25, -0.2) is 13.9 Å². The molecule has 1 saturated heterocycles. The van der Waals surface area contributed by atoms with Gasteiger partial charge in [0.05, 0.1) is 29.2 Å². The number of likely N-dealkylation sites (tertiary alicyclic amines) is 1. The van der Waals surface area contributed by atoms with Crippen LogP contribution in [0.15, 0.2) is 24.3 Å². The summed E-state index contributed by atoms with van der Waals surface area (Å²) in [6.07, 6.45) is 1.88. The van der Waals surface area contributed by atoms with E-state index in [1.54, 1.807) is 42.5 Å². The molecule has 2 N–H and O–H groups in total. The largest absolute Gasteiger partial charge is 0.450 e. The fourth-order valence-corrected chi connectivity index (χ4v) is 4.07. The molecule has 0 saturated carbocycles. The summed E-state index contributed by atoms with van der Waals surface area (Å²) in [4.78, 5) is 38.4.